The van der Waals surface area contributed by atoms with Gasteiger partial charge < -0.3 is 4.90 Å². The summed E-state index contributed by atoms with van der Waals surface area (Å²) < 4.78 is 1.64. The van der Waals surface area contributed by atoms with E-state index < -0.39 is 4.92 Å². The highest BCUT2D eigenvalue weighted by atomic mass is 16.6. The lowest BCUT2D eigenvalue weighted by Gasteiger charge is -2.17. The van der Waals surface area contributed by atoms with Crippen molar-refractivity contribution in [3.05, 3.63) is 41.0 Å². The maximum Gasteiger partial charge on any atom is 0.271 e. The molecule has 0 spiro atoms. The average molecular weight is 233 g/mol. The van der Waals surface area contributed by atoms with Crippen molar-refractivity contribution in [2.75, 3.05) is 19.0 Å². The Morgan fingerprint density at radius 3 is 2.47 bits per heavy atom. The summed E-state index contributed by atoms with van der Waals surface area (Å²) >= 11 is 0. The lowest BCUT2D eigenvalue weighted by Crippen LogP contribution is -2.12. The molecule has 7 nitrogen and oxygen atoms in total. The molecule has 0 amide bonds. The molecule has 1 aromatic heterocycles. The Morgan fingerprint density at radius 1 is 1.29 bits per heavy atom. The van der Waals surface area contributed by atoms with Crippen molar-refractivity contribution in [2.24, 2.45) is 0 Å². The highest BCUT2D eigenvalue weighted by Crippen LogP contribution is 2.27. The first-order valence-electron chi connectivity index (χ1n) is 4.90. The summed E-state index contributed by atoms with van der Waals surface area (Å²) in [6.45, 7) is 0. The van der Waals surface area contributed by atoms with Crippen LogP contribution in [0.4, 0.5) is 11.4 Å². The van der Waals surface area contributed by atoms with Crippen LogP contribution in [-0.4, -0.2) is 33.8 Å². The summed E-state index contributed by atoms with van der Waals surface area (Å²) in [5.41, 5.74) is 1.57. The molecule has 0 N–H and O–H groups in total. The Kier molecular flexibility index (Phi) is 2.73. The Balaban J connectivity index is 2.60. The number of benzene rings is 1. The van der Waals surface area contributed by atoms with E-state index in [0.717, 1.165) is 5.69 Å². The lowest BCUT2D eigenvalue weighted by atomic mass is 10.2. The molecular weight excluding hydrogens is 222 g/mol. The van der Waals surface area contributed by atoms with Gasteiger partial charge in [0.15, 0.2) is 0 Å². The fraction of sp³-hybridized carbons (Fsp3) is 0.200. The van der Waals surface area contributed by atoms with Gasteiger partial charge in [0.05, 0.1) is 16.3 Å². The second-order valence-electron chi connectivity index (χ2n) is 3.69. The van der Waals surface area contributed by atoms with Crippen molar-refractivity contribution in [1.29, 1.82) is 0 Å². The molecule has 7 heteroatoms. The number of non-ortho nitro benzene ring substituents is 1. The van der Waals surface area contributed by atoms with Crippen LogP contribution >= 0.6 is 0 Å². The van der Waals surface area contributed by atoms with Crippen LogP contribution < -0.4 is 4.90 Å². The smallest absolute Gasteiger partial charge is 0.271 e. The maximum absolute atomic E-state index is 10.8. The fourth-order valence-electron chi connectivity index (χ4n) is 1.54. The third-order valence-corrected chi connectivity index (χ3v) is 2.35. The first kappa shape index (κ1) is 11.1. The number of nitro benzene ring substituents is 1. The quantitative estimate of drug-likeness (QED) is 0.588. The number of aromatic nitrogens is 3. The van der Waals surface area contributed by atoms with E-state index >= 15 is 0 Å². The van der Waals surface area contributed by atoms with Gasteiger partial charge in [-0.3, -0.25) is 14.7 Å². The Hall–Kier alpha value is -2.44. The van der Waals surface area contributed by atoms with Crippen molar-refractivity contribution in [3.63, 3.8) is 0 Å². The Bertz CT molecular complexity index is 536. The van der Waals surface area contributed by atoms with Gasteiger partial charge in [0.1, 0.15) is 12.7 Å². The molecule has 2 rings (SSSR count). The molecule has 1 heterocycles. The molecule has 0 atom stereocenters. The van der Waals surface area contributed by atoms with Gasteiger partial charge in [-0.25, -0.2) is 0 Å². The van der Waals surface area contributed by atoms with Crippen molar-refractivity contribution in [1.82, 2.24) is 14.8 Å². The standard InChI is InChI=1S/C10H11N5O2/c1-13(2)9-4-3-8(15(16)17)5-10(9)14-6-11-12-7-14/h3-7H,1-2H3. The predicted molar refractivity (Wildman–Crippen MR) is 62.3 cm³/mol. The molecular formula is C10H11N5O2. The van der Waals surface area contributed by atoms with Crippen LogP contribution in [0, 0.1) is 10.1 Å². The van der Waals surface area contributed by atoms with E-state index in [-0.39, 0.29) is 5.69 Å². The number of anilines is 1. The van der Waals surface area contributed by atoms with Gasteiger partial charge in [-0.2, -0.15) is 0 Å². The van der Waals surface area contributed by atoms with Gasteiger partial charge in [-0.05, 0) is 6.07 Å². The number of nitro groups is 1. The molecule has 0 aliphatic heterocycles. The maximum atomic E-state index is 10.8. The van der Waals surface area contributed by atoms with E-state index in [4.69, 9.17) is 0 Å². The van der Waals surface area contributed by atoms with E-state index in [1.807, 2.05) is 19.0 Å². The van der Waals surface area contributed by atoms with Gasteiger partial charge in [-0.1, -0.05) is 0 Å². The summed E-state index contributed by atoms with van der Waals surface area (Å²) in [6, 6.07) is 4.68. The first-order valence-corrected chi connectivity index (χ1v) is 4.90. The molecule has 0 unspecified atom stereocenters. The molecule has 0 saturated heterocycles. The molecule has 0 aliphatic carbocycles. The highest BCUT2D eigenvalue weighted by Gasteiger charge is 2.13. The van der Waals surface area contributed by atoms with E-state index in [0.29, 0.717) is 5.69 Å². The monoisotopic (exact) mass is 233 g/mol. The van der Waals surface area contributed by atoms with Gasteiger partial charge in [0.2, 0.25) is 0 Å². The molecule has 88 valence electrons. The zero-order valence-corrected chi connectivity index (χ0v) is 9.44. The summed E-state index contributed by atoms with van der Waals surface area (Å²) in [4.78, 5) is 12.2. The van der Waals surface area contributed by atoms with Crippen molar-refractivity contribution < 1.29 is 4.92 Å². The summed E-state index contributed by atoms with van der Waals surface area (Å²) in [6.07, 6.45) is 3.01. The van der Waals surface area contributed by atoms with Gasteiger partial charge in [-0.15, -0.1) is 10.2 Å². The topological polar surface area (TPSA) is 77.1 Å². The lowest BCUT2D eigenvalue weighted by molar-refractivity contribution is -0.384. The molecule has 0 bridgehead atoms. The van der Waals surface area contributed by atoms with Crippen LogP contribution in [0.1, 0.15) is 0 Å². The number of hydrogen-bond acceptors (Lipinski definition) is 5. The number of rotatable bonds is 3. The van der Waals surface area contributed by atoms with E-state index in [1.165, 1.54) is 24.8 Å². The Labute approximate surface area is 97.5 Å². The first-order chi connectivity index (χ1) is 8.09. The number of nitrogens with zero attached hydrogens (tertiary/aromatic N) is 5. The fourth-order valence-corrected chi connectivity index (χ4v) is 1.54. The van der Waals surface area contributed by atoms with Gasteiger partial charge in [0, 0.05) is 26.2 Å². The minimum atomic E-state index is -0.423. The minimum absolute atomic E-state index is 0.0410. The van der Waals surface area contributed by atoms with E-state index in [2.05, 4.69) is 10.2 Å². The summed E-state index contributed by atoms with van der Waals surface area (Å²) in [5, 5.41) is 18.2. The minimum Gasteiger partial charge on any atom is -0.376 e. The molecule has 0 radical (unpaired) electrons. The number of hydrogen-bond donors (Lipinski definition) is 0. The van der Waals surface area contributed by atoms with E-state index in [1.54, 1.807) is 10.6 Å². The van der Waals surface area contributed by atoms with Crippen LogP contribution in [0.25, 0.3) is 5.69 Å². The zero-order valence-electron chi connectivity index (χ0n) is 9.44. The van der Waals surface area contributed by atoms with Crippen LogP contribution in [-0.2, 0) is 0 Å². The summed E-state index contributed by atoms with van der Waals surface area (Å²) in [7, 11) is 3.74. The van der Waals surface area contributed by atoms with Crippen molar-refractivity contribution in [2.45, 2.75) is 0 Å². The zero-order chi connectivity index (χ0) is 12.4. The molecule has 17 heavy (non-hydrogen) atoms. The van der Waals surface area contributed by atoms with Crippen molar-refractivity contribution in [3.8, 4) is 5.69 Å². The molecule has 0 aliphatic rings. The molecule has 0 fully saturated rings. The van der Waals surface area contributed by atoms with Crippen LogP contribution in [0.2, 0.25) is 0 Å². The summed E-state index contributed by atoms with van der Waals surface area (Å²) in [5.74, 6) is 0. The second kappa shape index (κ2) is 4.20. The van der Waals surface area contributed by atoms with Crippen LogP contribution in [0.15, 0.2) is 30.9 Å². The van der Waals surface area contributed by atoms with Gasteiger partial charge in [0.25, 0.3) is 5.69 Å². The van der Waals surface area contributed by atoms with Crippen LogP contribution in [0.3, 0.4) is 0 Å². The molecule has 1 aromatic carbocycles. The predicted octanol–water partition coefficient (Wildman–Crippen LogP) is 1.24. The largest absolute Gasteiger partial charge is 0.376 e. The van der Waals surface area contributed by atoms with Gasteiger partial charge >= 0.3 is 0 Å². The van der Waals surface area contributed by atoms with Crippen LogP contribution in [0.5, 0.6) is 0 Å². The third kappa shape index (κ3) is 2.07. The molecule has 0 saturated carbocycles. The Morgan fingerprint density at radius 2 is 1.94 bits per heavy atom. The SMILES string of the molecule is CN(C)c1ccc([N+](=O)[O-])cc1-n1cnnc1. The van der Waals surface area contributed by atoms with E-state index in [9.17, 15) is 10.1 Å². The average Bonchev–Trinajstić information content (AvgIpc) is 2.81. The van der Waals surface area contributed by atoms with Crippen molar-refractivity contribution >= 4 is 11.4 Å². The normalized spacial score (nSPS) is 10.2. The third-order valence-electron chi connectivity index (χ3n) is 2.35. The molecule has 2 aromatic rings. The second-order valence-corrected chi connectivity index (χ2v) is 3.69. The highest BCUT2D eigenvalue weighted by molar-refractivity contribution is 5.65.